The molecule has 2 aromatic rings. The molecule has 0 amide bonds. The van der Waals surface area contributed by atoms with Gasteiger partial charge in [-0.15, -0.1) is 0 Å². The summed E-state index contributed by atoms with van der Waals surface area (Å²) in [4.78, 5) is 3.51. The van der Waals surface area contributed by atoms with Crippen LogP contribution in [0.15, 0.2) is 52.3 Å². The number of hydrogen-bond donors (Lipinski definition) is 1. The van der Waals surface area contributed by atoms with Crippen LogP contribution >= 0.6 is 23.4 Å². The van der Waals surface area contributed by atoms with Crippen molar-refractivity contribution >= 4 is 44.9 Å². The standard InChI is InChI=1S/C15H14ClNO3S2/c1-2-15(22(18,19)20)17-11-5-3-4-6-13(11)21-14-8-7-10(16)9-12(14)17/h3-9,15H,2H2,1H3,(H,18,19,20). The van der Waals surface area contributed by atoms with Crippen molar-refractivity contribution < 1.29 is 13.0 Å². The SMILES string of the molecule is CCC(N1c2ccccc2Sc2ccc(Cl)cc21)S(=O)(=O)O. The Kier molecular flexibility index (Phi) is 4.11. The number of nitrogens with zero attached hydrogens (tertiary/aromatic N) is 1. The zero-order valence-electron chi connectivity index (χ0n) is 11.7. The van der Waals surface area contributed by atoms with E-state index in [0.29, 0.717) is 10.7 Å². The average molecular weight is 356 g/mol. The number of hydrogen-bond acceptors (Lipinski definition) is 4. The summed E-state index contributed by atoms with van der Waals surface area (Å²) in [6, 6.07) is 12.9. The number of anilines is 2. The molecule has 0 saturated carbocycles. The van der Waals surface area contributed by atoms with Crippen molar-refractivity contribution in [3.63, 3.8) is 0 Å². The Morgan fingerprint density at radius 2 is 1.86 bits per heavy atom. The molecule has 0 bridgehead atoms. The number of halogens is 1. The zero-order chi connectivity index (χ0) is 15.9. The summed E-state index contributed by atoms with van der Waals surface area (Å²) in [6.45, 7) is 1.73. The Labute approximate surface area is 138 Å². The molecule has 3 rings (SSSR count). The van der Waals surface area contributed by atoms with E-state index in [9.17, 15) is 13.0 Å². The van der Waals surface area contributed by atoms with Crippen LogP contribution in [0.25, 0.3) is 0 Å². The first-order valence-corrected chi connectivity index (χ1v) is 9.43. The Bertz CT molecular complexity index is 823. The van der Waals surface area contributed by atoms with E-state index in [1.54, 1.807) is 35.7 Å². The van der Waals surface area contributed by atoms with E-state index in [0.717, 1.165) is 15.5 Å². The summed E-state index contributed by atoms with van der Waals surface area (Å²) in [5.74, 6) is 0. The van der Waals surface area contributed by atoms with Gasteiger partial charge >= 0.3 is 0 Å². The minimum absolute atomic E-state index is 0.254. The predicted molar refractivity (Wildman–Crippen MR) is 89.8 cm³/mol. The van der Waals surface area contributed by atoms with E-state index in [4.69, 9.17) is 11.6 Å². The lowest BCUT2D eigenvalue weighted by Gasteiger charge is -2.36. The Morgan fingerprint density at radius 3 is 2.55 bits per heavy atom. The van der Waals surface area contributed by atoms with Crippen molar-refractivity contribution in [1.29, 1.82) is 0 Å². The van der Waals surface area contributed by atoms with E-state index < -0.39 is 15.5 Å². The van der Waals surface area contributed by atoms with Gasteiger partial charge in [0.1, 0.15) is 0 Å². The van der Waals surface area contributed by atoms with Gasteiger partial charge in [-0.1, -0.05) is 42.4 Å². The van der Waals surface area contributed by atoms with Gasteiger partial charge in [0.15, 0.2) is 5.37 Å². The molecule has 1 aliphatic rings. The Hall–Kier alpha value is -1.21. The van der Waals surface area contributed by atoms with Crippen LogP contribution in [0.1, 0.15) is 13.3 Å². The molecule has 2 aromatic carbocycles. The number of fused-ring (bicyclic) bond motifs is 2. The van der Waals surface area contributed by atoms with Crippen molar-refractivity contribution in [3.8, 4) is 0 Å². The van der Waals surface area contributed by atoms with Gasteiger partial charge in [0, 0.05) is 14.8 Å². The van der Waals surface area contributed by atoms with Crippen LogP contribution in [0, 0.1) is 0 Å². The van der Waals surface area contributed by atoms with Crippen LogP contribution in [0.5, 0.6) is 0 Å². The topological polar surface area (TPSA) is 57.6 Å². The van der Waals surface area contributed by atoms with Gasteiger partial charge in [-0.2, -0.15) is 8.42 Å². The second-order valence-corrected chi connectivity index (χ2v) is 8.02. The van der Waals surface area contributed by atoms with Crippen molar-refractivity contribution in [2.75, 3.05) is 4.90 Å². The van der Waals surface area contributed by atoms with E-state index in [-0.39, 0.29) is 6.42 Å². The smallest absolute Gasteiger partial charge is 0.286 e. The molecule has 116 valence electrons. The van der Waals surface area contributed by atoms with Gasteiger partial charge in [0.2, 0.25) is 0 Å². The van der Waals surface area contributed by atoms with Crippen molar-refractivity contribution in [1.82, 2.24) is 0 Å². The minimum Gasteiger partial charge on any atom is -0.320 e. The zero-order valence-corrected chi connectivity index (χ0v) is 14.1. The Morgan fingerprint density at radius 1 is 1.18 bits per heavy atom. The normalized spacial score (nSPS) is 15.1. The maximum Gasteiger partial charge on any atom is 0.286 e. The van der Waals surface area contributed by atoms with E-state index >= 15 is 0 Å². The van der Waals surface area contributed by atoms with Crippen molar-refractivity contribution in [3.05, 3.63) is 47.5 Å². The summed E-state index contributed by atoms with van der Waals surface area (Å²) >= 11 is 7.64. The lowest BCUT2D eigenvalue weighted by Crippen LogP contribution is -2.38. The molecule has 1 unspecified atom stereocenters. The summed E-state index contributed by atoms with van der Waals surface area (Å²) in [5, 5.41) is -0.527. The summed E-state index contributed by atoms with van der Waals surface area (Å²) in [7, 11) is -4.24. The fourth-order valence-electron chi connectivity index (χ4n) is 2.59. The van der Waals surface area contributed by atoms with Crippen LogP contribution in [0.2, 0.25) is 5.02 Å². The third kappa shape index (κ3) is 2.72. The highest BCUT2D eigenvalue weighted by Crippen LogP contribution is 2.50. The quantitative estimate of drug-likeness (QED) is 0.817. The van der Waals surface area contributed by atoms with Gasteiger partial charge in [-0.05, 0) is 36.8 Å². The maximum atomic E-state index is 11.8. The lowest BCUT2D eigenvalue weighted by atomic mass is 10.2. The molecule has 1 aliphatic heterocycles. The van der Waals surface area contributed by atoms with Gasteiger partial charge in [-0.3, -0.25) is 4.55 Å². The highest BCUT2D eigenvalue weighted by Gasteiger charge is 2.35. The Balaban J connectivity index is 2.26. The molecule has 0 saturated heterocycles. The first-order valence-electron chi connectivity index (χ1n) is 6.73. The van der Waals surface area contributed by atoms with Gasteiger partial charge in [-0.25, -0.2) is 0 Å². The molecule has 1 N–H and O–H groups in total. The van der Waals surface area contributed by atoms with Crippen LogP contribution in [0.3, 0.4) is 0 Å². The fraction of sp³-hybridized carbons (Fsp3) is 0.200. The molecule has 0 radical (unpaired) electrons. The summed E-state index contributed by atoms with van der Waals surface area (Å²) < 4.78 is 33.3. The molecule has 0 spiro atoms. The highest BCUT2D eigenvalue weighted by atomic mass is 35.5. The number of rotatable bonds is 3. The van der Waals surface area contributed by atoms with E-state index in [2.05, 4.69) is 0 Å². The summed E-state index contributed by atoms with van der Waals surface area (Å²) in [5.41, 5.74) is 1.45. The third-order valence-corrected chi connectivity index (χ3v) is 6.10. The largest absolute Gasteiger partial charge is 0.320 e. The van der Waals surface area contributed by atoms with Gasteiger partial charge < -0.3 is 4.90 Å². The molecule has 0 aliphatic carbocycles. The van der Waals surface area contributed by atoms with E-state index in [1.807, 2.05) is 30.3 Å². The molecule has 1 atom stereocenters. The molecular weight excluding hydrogens is 342 g/mol. The number of benzene rings is 2. The van der Waals surface area contributed by atoms with Gasteiger partial charge in [0.25, 0.3) is 10.1 Å². The first-order chi connectivity index (χ1) is 10.4. The second kappa shape index (κ2) is 5.77. The van der Waals surface area contributed by atoms with Crippen LogP contribution < -0.4 is 4.90 Å². The highest BCUT2D eigenvalue weighted by molar-refractivity contribution is 7.99. The predicted octanol–water partition coefficient (Wildman–Crippen LogP) is 4.57. The maximum absolute atomic E-state index is 11.8. The molecule has 1 heterocycles. The van der Waals surface area contributed by atoms with Crippen molar-refractivity contribution in [2.24, 2.45) is 0 Å². The average Bonchev–Trinajstić information content (AvgIpc) is 2.46. The molecule has 7 heteroatoms. The van der Waals surface area contributed by atoms with Crippen LogP contribution in [0.4, 0.5) is 11.4 Å². The third-order valence-electron chi connectivity index (χ3n) is 3.51. The monoisotopic (exact) mass is 355 g/mol. The first kappa shape index (κ1) is 15.7. The summed E-state index contributed by atoms with van der Waals surface area (Å²) in [6.07, 6.45) is 0.254. The second-order valence-electron chi connectivity index (χ2n) is 4.93. The molecular formula is C15H14ClNO3S2. The fourth-order valence-corrected chi connectivity index (χ4v) is 4.73. The van der Waals surface area contributed by atoms with Crippen LogP contribution in [-0.4, -0.2) is 18.3 Å². The van der Waals surface area contributed by atoms with Gasteiger partial charge in [0.05, 0.1) is 11.4 Å². The van der Waals surface area contributed by atoms with Crippen molar-refractivity contribution in [2.45, 2.75) is 28.5 Å². The molecule has 22 heavy (non-hydrogen) atoms. The number of para-hydroxylation sites is 1. The van der Waals surface area contributed by atoms with Crippen LogP contribution in [-0.2, 0) is 10.1 Å². The lowest BCUT2D eigenvalue weighted by molar-refractivity contribution is 0.464. The molecule has 0 aromatic heterocycles. The molecule has 0 fully saturated rings. The van der Waals surface area contributed by atoms with E-state index in [1.165, 1.54) is 0 Å². The molecule has 4 nitrogen and oxygen atoms in total. The minimum atomic E-state index is -4.24.